The predicted octanol–water partition coefficient (Wildman–Crippen LogP) is 2.54. The van der Waals surface area contributed by atoms with E-state index in [-0.39, 0.29) is 11.7 Å². The summed E-state index contributed by atoms with van der Waals surface area (Å²) >= 11 is 1.70. The van der Waals surface area contributed by atoms with Gasteiger partial charge < -0.3 is 21.1 Å². The Balaban J connectivity index is 1.76. The number of hydrogen-bond donors (Lipinski definition) is 4. The van der Waals surface area contributed by atoms with Crippen LogP contribution in [0.2, 0.25) is 0 Å². The first kappa shape index (κ1) is 19.8. The van der Waals surface area contributed by atoms with E-state index in [0.29, 0.717) is 31.1 Å². The number of hydrogen-bond acceptors (Lipinski definition) is 4. The Bertz CT molecular complexity index is 699. The maximum Gasteiger partial charge on any atom is 0.251 e. The molecule has 1 unspecified atom stereocenters. The van der Waals surface area contributed by atoms with Crippen molar-refractivity contribution in [2.24, 2.45) is 4.99 Å². The van der Waals surface area contributed by atoms with Crippen molar-refractivity contribution in [3.05, 3.63) is 52.2 Å². The van der Waals surface area contributed by atoms with Gasteiger partial charge in [0, 0.05) is 37.7 Å². The van der Waals surface area contributed by atoms with E-state index in [1.54, 1.807) is 23.5 Å². The molecule has 0 spiro atoms. The maximum absolute atomic E-state index is 12.0. The quantitative estimate of drug-likeness (QED) is 0.325. The third kappa shape index (κ3) is 6.40. The fraction of sp³-hybridized carbons (Fsp3) is 0.368. The highest BCUT2D eigenvalue weighted by atomic mass is 32.1. The lowest BCUT2D eigenvalue weighted by molar-refractivity contribution is 0.0954. The van der Waals surface area contributed by atoms with Crippen LogP contribution < -0.4 is 16.0 Å². The highest BCUT2D eigenvalue weighted by molar-refractivity contribution is 7.07. The lowest BCUT2D eigenvalue weighted by Crippen LogP contribution is -2.41. The number of phenolic OH excluding ortho intramolecular Hbond substituents is 1. The Morgan fingerprint density at radius 2 is 1.88 bits per heavy atom. The summed E-state index contributed by atoms with van der Waals surface area (Å²) in [5.41, 5.74) is 1.82. The fourth-order valence-electron chi connectivity index (χ4n) is 2.30. The number of aliphatic imine (C=N–C) groups is 1. The van der Waals surface area contributed by atoms with E-state index < -0.39 is 0 Å². The van der Waals surface area contributed by atoms with Gasteiger partial charge in [0.15, 0.2) is 5.96 Å². The molecular weight excluding hydrogens is 348 g/mol. The van der Waals surface area contributed by atoms with Crippen molar-refractivity contribution in [1.29, 1.82) is 0 Å². The van der Waals surface area contributed by atoms with Crippen molar-refractivity contribution >= 4 is 23.2 Å². The molecule has 0 saturated carbocycles. The average molecular weight is 375 g/mol. The van der Waals surface area contributed by atoms with Gasteiger partial charge in [-0.25, -0.2) is 0 Å². The number of phenols is 1. The second-order valence-corrected chi connectivity index (χ2v) is 6.69. The summed E-state index contributed by atoms with van der Waals surface area (Å²) in [6, 6.07) is 8.31. The topological polar surface area (TPSA) is 85.8 Å². The first-order valence-electron chi connectivity index (χ1n) is 8.71. The molecule has 6 nitrogen and oxygen atoms in total. The molecule has 0 radical (unpaired) electrons. The number of amides is 1. The molecule has 0 aliphatic rings. The van der Waals surface area contributed by atoms with Gasteiger partial charge in [0.1, 0.15) is 5.75 Å². The van der Waals surface area contributed by atoms with E-state index in [1.165, 1.54) is 17.7 Å². The Morgan fingerprint density at radius 3 is 2.54 bits per heavy atom. The molecule has 0 saturated heterocycles. The van der Waals surface area contributed by atoms with E-state index in [9.17, 15) is 9.90 Å². The summed E-state index contributed by atoms with van der Waals surface area (Å²) < 4.78 is 0. The number of carbonyl (C=O) groups excluding carboxylic acids is 1. The summed E-state index contributed by atoms with van der Waals surface area (Å²) in [7, 11) is 0. The molecule has 2 rings (SSSR count). The Morgan fingerprint density at radius 1 is 1.15 bits per heavy atom. The van der Waals surface area contributed by atoms with Crippen LogP contribution in [-0.4, -0.2) is 43.2 Å². The zero-order valence-electron chi connectivity index (χ0n) is 15.2. The Hall–Kier alpha value is -2.54. The largest absolute Gasteiger partial charge is 0.508 e. The van der Waals surface area contributed by atoms with Crippen LogP contribution in [0.1, 0.15) is 35.7 Å². The Labute approximate surface area is 158 Å². The van der Waals surface area contributed by atoms with Gasteiger partial charge in [0.25, 0.3) is 5.91 Å². The molecule has 0 fully saturated rings. The van der Waals surface area contributed by atoms with Crippen molar-refractivity contribution in [3.63, 3.8) is 0 Å². The third-order valence-corrected chi connectivity index (χ3v) is 4.51. The summed E-state index contributed by atoms with van der Waals surface area (Å²) in [6.07, 6.45) is 0. The van der Waals surface area contributed by atoms with Gasteiger partial charge >= 0.3 is 0 Å². The molecule has 0 bridgehead atoms. The lowest BCUT2D eigenvalue weighted by Gasteiger charge is -2.13. The van der Waals surface area contributed by atoms with E-state index in [0.717, 1.165) is 12.5 Å². The highest BCUT2D eigenvalue weighted by Crippen LogP contribution is 2.18. The third-order valence-electron chi connectivity index (χ3n) is 3.81. The summed E-state index contributed by atoms with van der Waals surface area (Å²) in [5.74, 6) is 1.09. The Kier molecular flexibility index (Phi) is 7.95. The van der Waals surface area contributed by atoms with Crippen LogP contribution in [0.15, 0.2) is 46.1 Å². The van der Waals surface area contributed by atoms with Gasteiger partial charge in [-0.15, -0.1) is 0 Å². The number of nitrogens with one attached hydrogen (secondary N) is 3. The van der Waals surface area contributed by atoms with Crippen molar-refractivity contribution < 1.29 is 9.90 Å². The van der Waals surface area contributed by atoms with Gasteiger partial charge in [-0.05, 0) is 53.6 Å². The number of guanidine groups is 1. The van der Waals surface area contributed by atoms with Gasteiger partial charge in [0.05, 0.1) is 0 Å². The maximum atomic E-state index is 12.0. The van der Waals surface area contributed by atoms with E-state index in [4.69, 9.17) is 0 Å². The molecule has 1 heterocycles. The smallest absolute Gasteiger partial charge is 0.251 e. The minimum absolute atomic E-state index is 0.145. The average Bonchev–Trinajstić information content (AvgIpc) is 3.18. The van der Waals surface area contributed by atoms with Gasteiger partial charge in [-0.3, -0.25) is 9.79 Å². The SMILES string of the molecule is CCNC(=NCC(C)c1ccsc1)NCCNC(=O)c1ccc(O)cc1. The first-order valence-corrected chi connectivity index (χ1v) is 9.66. The minimum atomic E-state index is -0.167. The molecule has 7 heteroatoms. The van der Waals surface area contributed by atoms with Crippen LogP contribution in [-0.2, 0) is 0 Å². The second kappa shape index (κ2) is 10.5. The molecule has 1 aromatic carbocycles. The molecule has 0 aliphatic heterocycles. The minimum Gasteiger partial charge on any atom is -0.508 e. The number of nitrogens with zero attached hydrogens (tertiary/aromatic N) is 1. The highest BCUT2D eigenvalue weighted by Gasteiger charge is 2.07. The van der Waals surface area contributed by atoms with Crippen LogP contribution in [0, 0.1) is 0 Å². The molecule has 2 aromatic rings. The number of carbonyl (C=O) groups is 1. The molecule has 1 amide bonds. The zero-order valence-corrected chi connectivity index (χ0v) is 16.0. The molecule has 1 aromatic heterocycles. The van der Waals surface area contributed by atoms with Crippen molar-refractivity contribution in [2.75, 3.05) is 26.2 Å². The van der Waals surface area contributed by atoms with Crippen LogP contribution >= 0.6 is 11.3 Å². The lowest BCUT2D eigenvalue weighted by atomic mass is 10.1. The normalized spacial score (nSPS) is 12.5. The fourth-order valence-corrected chi connectivity index (χ4v) is 3.08. The van der Waals surface area contributed by atoms with E-state index in [2.05, 4.69) is 44.7 Å². The van der Waals surface area contributed by atoms with Gasteiger partial charge in [0.2, 0.25) is 0 Å². The van der Waals surface area contributed by atoms with Gasteiger partial charge in [-0.1, -0.05) is 6.92 Å². The molecule has 140 valence electrons. The van der Waals surface area contributed by atoms with Crippen LogP contribution in [0.5, 0.6) is 5.75 Å². The summed E-state index contributed by atoms with van der Waals surface area (Å²) in [6.45, 7) is 6.70. The van der Waals surface area contributed by atoms with Gasteiger partial charge in [-0.2, -0.15) is 11.3 Å². The monoisotopic (exact) mass is 374 g/mol. The van der Waals surface area contributed by atoms with Crippen LogP contribution in [0.4, 0.5) is 0 Å². The predicted molar refractivity (Wildman–Crippen MR) is 107 cm³/mol. The van der Waals surface area contributed by atoms with Crippen LogP contribution in [0.25, 0.3) is 0 Å². The van der Waals surface area contributed by atoms with Crippen molar-refractivity contribution in [1.82, 2.24) is 16.0 Å². The standard InChI is InChI=1S/C19H26N4O2S/c1-3-20-19(23-12-14(2)16-8-11-26-13-16)22-10-9-21-18(25)15-4-6-17(24)7-5-15/h4-8,11,13-14,24H,3,9-10,12H2,1-2H3,(H,21,25)(H2,20,22,23). The summed E-state index contributed by atoms with van der Waals surface area (Å²) in [5, 5.41) is 22.8. The van der Waals surface area contributed by atoms with Crippen molar-refractivity contribution in [3.8, 4) is 5.75 Å². The number of benzene rings is 1. The second-order valence-electron chi connectivity index (χ2n) is 5.91. The molecule has 26 heavy (non-hydrogen) atoms. The van der Waals surface area contributed by atoms with E-state index >= 15 is 0 Å². The first-order chi connectivity index (χ1) is 12.6. The number of rotatable bonds is 8. The van der Waals surface area contributed by atoms with Crippen molar-refractivity contribution in [2.45, 2.75) is 19.8 Å². The van der Waals surface area contributed by atoms with E-state index in [1.807, 2.05) is 6.92 Å². The summed E-state index contributed by atoms with van der Waals surface area (Å²) in [4.78, 5) is 16.6. The van der Waals surface area contributed by atoms with Crippen LogP contribution in [0.3, 0.4) is 0 Å². The zero-order chi connectivity index (χ0) is 18.8. The number of thiophene rings is 1. The number of aromatic hydroxyl groups is 1. The molecule has 1 atom stereocenters. The molecular formula is C19H26N4O2S. The molecule has 0 aliphatic carbocycles. The molecule has 4 N–H and O–H groups in total.